The quantitative estimate of drug-likeness (QED) is 0.842. The van der Waals surface area contributed by atoms with Gasteiger partial charge in [0.25, 0.3) is 5.92 Å². The lowest BCUT2D eigenvalue weighted by molar-refractivity contribution is -0.118. The van der Waals surface area contributed by atoms with Crippen molar-refractivity contribution in [1.29, 1.82) is 5.26 Å². The Morgan fingerprint density at radius 2 is 2.16 bits per heavy atom. The van der Waals surface area contributed by atoms with Crippen molar-refractivity contribution >= 4 is 11.6 Å². The molecule has 0 atom stereocenters. The van der Waals surface area contributed by atoms with Gasteiger partial charge in [-0.2, -0.15) is 5.26 Å². The summed E-state index contributed by atoms with van der Waals surface area (Å²) in [6, 6.07) is 6.09. The van der Waals surface area contributed by atoms with Gasteiger partial charge in [0.2, 0.25) is 5.91 Å². The first-order valence-corrected chi connectivity index (χ1v) is 6.10. The van der Waals surface area contributed by atoms with Crippen LogP contribution in [0, 0.1) is 11.3 Å². The first-order chi connectivity index (χ1) is 8.95. The molecule has 1 amide bonds. The van der Waals surface area contributed by atoms with Crippen LogP contribution in [-0.4, -0.2) is 13.0 Å². The normalized spacial score (nSPS) is 15.1. The zero-order chi connectivity index (χ0) is 14.0. The maximum atomic E-state index is 13.9. The number of carbonyl (C=O) groups is 1. The van der Waals surface area contributed by atoms with Crippen LogP contribution in [0.15, 0.2) is 18.2 Å². The first kappa shape index (κ1) is 13.5. The molecule has 0 fully saturated rings. The lowest BCUT2D eigenvalue weighted by atomic mass is 9.95. The summed E-state index contributed by atoms with van der Waals surface area (Å²) in [5.41, 5.74) is 1.37. The van der Waals surface area contributed by atoms with E-state index in [1.54, 1.807) is 19.2 Å². The zero-order valence-corrected chi connectivity index (χ0v) is 10.6. The van der Waals surface area contributed by atoms with Crippen LogP contribution < -0.4 is 4.90 Å². The molecule has 1 aliphatic rings. The van der Waals surface area contributed by atoms with E-state index < -0.39 is 12.3 Å². The van der Waals surface area contributed by atoms with Gasteiger partial charge in [-0.15, -0.1) is 0 Å². The number of fused-ring (bicyclic) bond motifs is 1. The maximum Gasteiger partial charge on any atom is 0.274 e. The molecular weight excluding hydrogens is 250 g/mol. The highest BCUT2D eigenvalue weighted by Gasteiger charge is 2.32. The minimum absolute atomic E-state index is 0.00325. The summed E-state index contributed by atoms with van der Waals surface area (Å²) in [5, 5.41) is 8.40. The largest absolute Gasteiger partial charge is 0.315 e. The Labute approximate surface area is 110 Å². The van der Waals surface area contributed by atoms with Gasteiger partial charge in [-0.25, -0.2) is 8.78 Å². The lowest BCUT2D eigenvalue weighted by Crippen LogP contribution is -2.31. The predicted octanol–water partition coefficient (Wildman–Crippen LogP) is 2.99. The Morgan fingerprint density at radius 3 is 2.84 bits per heavy atom. The number of carbonyl (C=O) groups excluding carboxylic acids is 1. The molecule has 2 rings (SSSR count). The number of anilines is 1. The summed E-state index contributed by atoms with van der Waals surface area (Å²) in [6.07, 6.45) is 0.178. The number of alkyl halides is 2. The number of nitriles is 1. The number of rotatable bonds is 3. The van der Waals surface area contributed by atoms with Gasteiger partial charge in [0.1, 0.15) is 0 Å². The van der Waals surface area contributed by atoms with Crippen LogP contribution >= 0.6 is 0 Å². The Bertz CT molecular complexity index is 549. The van der Waals surface area contributed by atoms with E-state index in [2.05, 4.69) is 0 Å². The fourth-order valence-corrected chi connectivity index (χ4v) is 2.24. The van der Waals surface area contributed by atoms with Gasteiger partial charge in [-0.3, -0.25) is 4.79 Å². The Hall–Kier alpha value is -1.96. The van der Waals surface area contributed by atoms with E-state index in [0.717, 1.165) is 5.56 Å². The number of benzene rings is 1. The average molecular weight is 264 g/mol. The van der Waals surface area contributed by atoms with Crippen molar-refractivity contribution in [3.63, 3.8) is 0 Å². The molecular formula is C14H14F2N2O. The van der Waals surface area contributed by atoms with E-state index in [4.69, 9.17) is 5.26 Å². The van der Waals surface area contributed by atoms with Crippen molar-refractivity contribution in [2.24, 2.45) is 0 Å². The van der Waals surface area contributed by atoms with Crippen molar-refractivity contribution < 1.29 is 13.6 Å². The second-order valence-electron chi connectivity index (χ2n) is 4.66. The standard InChI is InChI=1S/C14H14F2N2O/c1-18-12-5-4-11(14(15,16)7-2-8-17)9-10(12)3-6-13(18)19/h4-5,9H,2-3,6-7H2,1H3. The molecule has 1 aliphatic heterocycles. The smallest absolute Gasteiger partial charge is 0.274 e. The Kier molecular flexibility index (Phi) is 3.52. The SMILES string of the molecule is CN1C(=O)CCc2cc(C(F)(F)CCC#N)ccc21. The molecule has 5 heteroatoms. The number of aryl methyl sites for hydroxylation is 1. The van der Waals surface area contributed by atoms with Gasteiger partial charge >= 0.3 is 0 Å². The van der Waals surface area contributed by atoms with Crippen molar-refractivity contribution in [2.75, 3.05) is 11.9 Å². The van der Waals surface area contributed by atoms with Crippen molar-refractivity contribution in [1.82, 2.24) is 0 Å². The molecule has 100 valence electrons. The number of hydrogen-bond acceptors (Lipinski definition) is 2. The fraction of sp³-hybridized carbons (Fsp3) is 0.429. The highest BCUT2D eigenvalue weighted by atomic mass is 19.3. The summed E-state index contributed by atoms with van der Waals surface area (Å²) < 4.78 is 27.7. The van der Waals surface area contributed by atoms with Crippen LogP contribution in [0.4, 0.5) is 14.5 Å². The van der Waals surface area contributed by atoms with Gasteiger partial charge in [-0.1, -0.05) is 6.07 Å². The van der Waals surface area contributed by atoms with E-state index in [1.165, 1.54) is 17.0 Å². The zero-order valence-electron chi connectivity index (χ0n) is 10.6. The number of amides is 1. The second-order valence-corrected chi connectivity index (χ2v) is 4.66. The molecule has 0 aliphatic carbocycles. The molecule has 0 aromatic heterocycles. The summed E-state index contributed by atoms with van der Waals surface area (Å²) in [7, 11) is 1.65. The van der Waals surface area contributed by atoms with Gasteiger partial charge in [0.05, 0.1) is 6.07 Å². The molecule has 1 aromatic carbocycles. The summed E-state index contributed by atoms with van der Waals surface area (Å²) in [4.78, 5) is 13.0. The molecule has 1 heterocycles. The molecule has 0 N–H and O–H groups in total. The molecule has 0 bridgehead atoms. The van der Waals surface area contributed by atoms with Gasteiger partial charge in [0, 0.05) is 37.6 Å². The third-order valence-electron chi connectivity index (χ3n) is 3.40. The van der Waals surface area contributed by atoms with Crippen LogP contribution in [0.2, 0.25) is 0 Å². The number of nitrogens with zero attached hydrogens (tertiary/aromatic N) is 2. The van der Waals surface area contributed by atoms with Gasteiger partial charge < -0.3 is 4.90 Å². The van der Waals surface area contributed by atoms with Crippen LogP contribution in [-0.2, 0) is 17.1 Å². The Morgan fingerprint density at radius 1 is 1.42 bits per heavy atom. The van der Waals surface area contributed by atoms with E-state index in [1.807, 2.05) is 0 Å². The minimum atomic E-state index is -3.00. The predicted molar refractivity (Wildman–Crippen MR) is 66.9 cm³/mol. The second kappa shape index (κ2) is 4.96. The number of hydrogen-bond donors (Lipinski definition) is 0. The monoisotopic (exact) mass is 264 g/mol. The van der Waals surface area contributed by atoms with Crippen LogP contribution in [0.1, 0.15) is 30.4 Å². The summed E-state index contributed by atoms with van der Waals surface area (Å²) >= 11 is 0. The number of halogens is 2. The van der Waals surface area contributed by atoms with E-state index in [-0.39, 0.29) is 17.9 Å². The van der Waals surface area contributed by atoms with Crippen LogP contribution in [0.5, 0.6) is 0 Å². The van der Waals surface area contributed by atoms with Crippen molar-refractivity contribution in [3.05, 3.63) is 29.3 Å². The molecule has 0 unspecified atom stereocenters. The first-order valence-electron chi connectivity index (χ1n) is 6.10. The van der Waals surface area contributed by atoms with E-state index in [0.29, 0.717) is 18.5 Å². The minimum Gasteiger partial charge on any atom is -0.315 e. The maximum absolute atomic E-state index is 13.9. The van der Waals surface area contributed by atoms with Gasteiger partial charge in [-0.05, 0) is 24.1 Å². The molecule has 0 saturated carbocycles. The highest BCUT2D eigenvalue weighted by Crippen LogP contribution is 2.36. The summed E-state index contributed by atoms with van der Waals surface area (Å²) in [5.74, 6) is -3.00. The van der Waals surface area contributed by atoms with Crippen LogP contribution in [0.3, 0.4) is 0 Å². The van der Waals surface area contributed by atoms with E-state index in [9.17, 15) is 13.6 Å². The average Bonchev–Trinajstić information content (AvgIpc) is 2.40. The summed E-state index contributed by atoms with van der Waals surface area (Å²) in [6.45, 7) is 0. The fourth-order valence-electron chi connectivity index (χ4n) is 2.24. The molecule has 19 heavy (non-hydrogen) atoms. The molecule has 0 spiro atoms. The van der Waals surface area contributed by atoms with Crippen LogP contribution in [0.25, 0.3) is 0 Å². The van der Waals surface area contributed by atoms with E-state index >= 15 is 0 Å². The third-order valence-corrected chi connectivity index (χ3v) is 3.40. The van der Waals surface area contributed by atoms with Crippen molar-refractivity contribution in [3.8, 4) is 6.07 Å². The third kappa shape index (κ3) is 2.58. The van der Waals surface area contributed by atoms with Gasteiger partial charge in [0.15, 0.2) is 0 Å². The Balaban J connectivity index is 2.32. The molecule has 0 radical (unpaired) electrons. The molecule has 0 saturated heterocycles. The highest BCUT2D eigenvalue weighted by molar-refractivity contribution is 5.95. The topological polar surface area (TPSA) is 44.1 Å². The molecule has 3 nitrogen and oxygen atoms in total. The molecule has 1 aromatic rings. The van der Waals surface area contributed by atoms with Crippen molar-refractivity contribution in [2.45, 2.75) is 31.6 Å². The lowest BCUT2D eigenvalue weighted by Gasteiger charge is -2.27.